The fraction of sp³-hybridized carbons (Fsp3) is 0. The van der Waals surface area contributed by atoms with Gasteiger partial charge >= 0.3 is 0 Å². The molecule has 7 aromatic carbocycles. The summed E-state index contributed by atoms with van der Waals surface area (Å²) < 4.78 is 4.60. The molecule has 6 nitrogen and oxygen atoms in total. The third-order valence-electron chi connectivity index (χ3n) is 10.2. The van der Waals surface area contributed by atoms with Crippen LogP contribution in [0.3, 0.4) is 0 Å². The Morgan fingerprint density at radius 1 is 0.463 bits per heavy atom. The number of thiophene rings is 1. The summed E-state index contributed by atoms with van der Waals surface area (Å²) in [6.07, 6.45) is 0. The number of rotatable bonds is 4. The van der Waals surface area contributed by atoms with Crippen LogP contribution in [0.4, 0.5) is 5.69 Å². The summed E-state index contributed by atoms with van der Waals surface area (Å²) in [6.45, 7) is 7.69. The highest BCUT2D eigenvalue weighted by atomic mass is 32.1. The Morgan fingerprint density at radius 3 is 1.89 bits per heavy atom. The van der Waals surface area contributed by atoms with Crippen molar-refractivity contribution < 1.29 is 0 Å². The molecule has 0 aliphatic heterocycles. The molecule has 11 rings (SSSR count). The Hall–Kier alpha value is -7.27. The van der Waals surface area contributed by atoms with Gasteiger partial charge in [0.25, 0.3) is 0 Å². The Morgan fingerprint density at radius 2 is 1.13 bits per heavy atom. The zero-order valence-electron chi connectivity index (χ0n) is 28.6. The number of hydrogen-bond donors (Lipinski definition) is 0. The first-order valence-corrected chi connectivity index (χ1v) is 18.5. The third kappa shape index (κ3) is 4.64. The van der Waals surface area contributed by atoms with Gasteiger partial charge in [-0.15, -0.1) is 11.3 Å². The standard InChI is InChI=1S/C47H26N6S/c1-48-31-15-11-14-29(26-31)45-50-46(52-47(51-45)53-38-19-8-5-16-32(38)33-17-6-9-20-39(33)53)30-22-24-37-36(27-30)42-35(44(49-37)28-12-3-2-4-13-28)23-25-41-43(42)34-18-7-10-21-40(34)54-41/h2-27H. The molecule has 0 N–H and O–H groups in total. The highest BCUT2D eigenvalue weighted by molar-refractivity contribution is 7.26. The van der Waals surface area contributed by atoms with E-state index in [1.165, 1.54) is 20.2 Å². The maximum absolute atomic E-state index is 7.69. The van der Waals surface area contributed by atoms with Gasteiger partial charge in [-0.2, -0.15) is 9.97 Å². The molecule has 0 atom stereocenters. The average molecular weight is 707 g/mol. The topological polar surface area (TPSA) is 60.9 Å². The van der Waals surface area contributed by atoms with Crippen LogP contribution in [-0.4, -0.2) is 24.5 Å². The summed E-state index contributed by atoms with van der Waals surface area (Å²) >= 11 is 1.81. The number of nitrogens with zero attached hydrogens (tertiary/aromatic N) is 6. The second-order valence-corrected chi connectivity index (χ2v) is 14.4. The number of aromatic nitrogens is 5. The summed E-state index contributed by atoms with van der Waals surface area (Å²) in [5.41, 5.74) is 7.07. The lowest BCUT2D eigenvalue weighted by Gasteiger charge is -2.14. The van der Waals surface area contributed by atoms with E-state index >= 15 is 0 Å². The van der Waals surface area contributed by atoms with E-state index in [0.717, 1.165) is 65.9 Å². The maximum atomic E-state index is 7.69. The van der Waals surface area contributed by atoms with Crippen molar-refractivity contribution in [3.63, 3.8) is 0 Å². The largest absolute Gasteiger partial charge is 0.278 e. The second kappa shape index (κ2) is 11.9. The molecule has 0 spiro atoms. The molecule has 0 aliphatic rings. The lowest BCUT2D eigenvalue weighted by molar-refractivity contribution is 0.954. The molecule has 4 aromatic heterocycles. The van der Waals surface area contributed by atoms with E-state index in [9.17, 15) is 0 Å². The minimum atomic E-state index is 0.496. The van der Waals surface area contributed by atoms with Gasteiger partial charge in [-0.05, 0) is 48.5 Å². The molecule has 54 heavy (non-hydrogen) atoms. The molecule has 0 saturated carbocycles. The fourth-order valence-corrected chi connectivity index (χ4v) is 8.95. The summed E-state index contributed by atoms with van der Waals surface area (Å²) in [4.78, 5) is 24.4. The number of hydrogen-bond acceptors (Lipinski definition) is 5. The highest BCUT2D eigenvalue weighted by Crippen LogP contribution is 2.44. The van der Waals surface area contributed by atoms with Gasteiger partial charge in [-0.3, -0.25) is 4.57 Å². The number of para-hydroxylation sites is 2. The van der Waals surface area contributed by atoms with Gasteiger partial charge in [0.1, 0.15) is 0 Å². The quantitative estimate of drug-likeness (QED) is 0.135. The zero-order chi connectivity index (χ0) is 35.8. The van der Waals surface area contributed by atoms with Crippen LogP contribution in [0.2, 0.25) is 0 Å². The summed E-state index contributed by atoms with van der Waals surface area (Å²) in [5, 5.41) is 8.00. The molecule has 0 radical (unpaired) electrons. The van der Waals surface area contributed by atoms with Crippen LogP contribution < -0.4 is 0 Å². The molecule has 250 valence electrons. The minimum absolute atomic E-state index is 0.496. The summed E-state index contributed by atoms with van der Waals surface area (Å²) in [6, 6.07) is 54.0. The lowest BCUT2D eigenvalue weighted by Crippen LogP contribution is -2.06. The van der Waals surface area contributed by atoms with E-state index in [4.69, 9.17) is 26.5 Å². The SMILES string of the molecule is [C-]#[N+]c1cccc(-c2nc(-c3ccc4nc(-c5ccccc5)c5ccc6sc7ccccc7c6c5c4c3)nc(-n3c4ccccc4c4ccccc43)n2)c1. The minimum Gasteiger partial charge on any atom is -0.278 e. The van der Waals surface area contributed by atoms with Gasteiger partial charge in [0.05, 0.1) is 28.8 Å². The molecule has 11 aromatic rings. The third-order valence-corrected chi connectivity index (χ3v) is 11.4. The molecule has 0 fully saturated rings. The van der Waals surface area contributed by atoms with Gasteiger partial charge < -0.3 is 0 Å². The van der Waals surface area contributed by atoms with Gasteiger partial charge in [0.2, 0.25) is 5.95 Å². The summed E-state index contributed by atoms with van der Waals surface area (Å²) in [7, 11) is 0. The van der Waals surface area contributed by atoms with Crippen LogP contribution in [0.15, 0.2) is 158 Å². The van der Waals surface area contributed by atoms with Crippen LogP contribution in [-0.2, 0) is 0 Å². The first-order chi connectivity index (χ1) is 26.7. The van der Waals surface area contributed by atoms with E-state index in [1.54, 1.807) is 6.07 Å². The van der Waals surface area contributed by atoms with Crippen LogP contribution in [0.5, 0.6) is 0 Å². The first-order valence-electron chi connectivity index (χ1n) is 17.7. The predicted octanol–water partition coefficient (Wildman–Crippen LogP) is 12.6. The Bertz CT molecular complexity index is 3300. The predicted molar refractivity (Wildman–Crippen MR) is 222 cm³/mol. The fourth-order valence-electron chi connectivity index (χ4n) is 7.84. The number of benzene rings is 7. The molecule has 0 saturated heterocycles. The molecule has 0 aliphatic carbocycles. The molecule has 0 amide bonds. The smallest absolute Gasteiger partial charge is 0.238 e. The lowest BCUT2D eigenvalue weighted by atomic mass is 9.95. The maximum Gasteiger partial charge on any atom is 0.238 e. The van der Waals surface area contributed by atoms with E-state index in [2.05, 4.69) is 125 Å². The van der Waals surface area contributed by atoms with E-state index < -0.39 is 0 Å². The van der Waals surface area contributed by atoms with Crippen molar-refractivity contribution in [1.29, 1.82) is 0 Å². The zero-order valence-corrected chi connectivity index (χ0v) is 29.4. The number of pyridine rings is 1. The van der Waals surface area contributed by atoms with Crippen molar-refractivity contribution in [2.75, 3.05) is 0 Å². The van der Waals surface area contributed by atoms with Crippen molar-refractivity contribution in [2.45, 2.75) is 0 Å². The van der Waals surface area contributed by atoms with Crippen molar-refractivity contribution in [3.05, 3.63) is 169 Å². The first kappa shape index (κ1) is 30.4. The molecular formula is C47H26N6S. The van der Waals surface area contributed by atoms with E-state index in [1.807, 2.05) is 47.7 Å². The highest BCUT2D eigenvalue weighted by Gasteiger charge is 2.20. The van der Waals surface area contributed by atoms with Crippen molar-refractivity contribution in [3.8, 4) is 40.0 Å². The van der Waals surface area contributed by atoms with E-state index in [-0.39, 0.29) is 0 Å². The number of fused-ring (bicyclic) bond motifs is 10. The van der Waals surface area contributed by atoms with E-state index in [0.29, 0.717) is 23.3 Å². The van der Waals surface area contributed by atoms with Crippen LogP contribution in [0.1, 0.15) is 0 Å². The summed E-state index contributed by atoms with van der Waals surface area (Å²) in [5.74, 6) is 1.54. The molecule has 0 bridgehead atoms. The van der Waals surface area contributed by atoms with Crippen LogP contribution >= 0.6 is 11.3 Å². The van der Waals surface area contributed by atoms with Crippen molar-refractivity contribution in [2.24, 2.45) is 0 Å². The molecule has 7 heteroatoms. The molecule has 0 unspecified atom stereocenters. The van der Waals surface area contributed by atoms with Gasteiger partial charge in [-0.25, -0.2) is 14.8 Å². The van der Waals surface area contributed by atoms with Crippen LogP contribution in [0, 0.1) is 6.57 Å². The van der Waals surface area contributed by atoms with Gasteiger partial charge in [0, 0.05) is 63.8 Å². The molecular weight excluding hydrogens is 681 g/mol. The monoisotopic (exact) mass is 706 g/mol. The van der Waals surface area contributed by atoms with Gasteiger partial charge in [-0.1, -0.05) is 109 Å². The average Bonchev–Trinajstić information content (AvgIpc) is 3.79. The Kier molecular flexibility index (Phi) is 6.68. The normalized spacial score (nSPS) is 11.7. The Balaban J connectivity index is 1.23. The molecule has 4 heterocycles. The van der Waals surface area contributed by atoms with Crippen LogP contribution in [0.25, 0.3) is 108 Å². The second-order valence-electron chi connectivity index (χ2n) is 13.3. The van der Waals surface area contributed by atoms with Crippen molar-refractivity contribution >= 4 is 80.7 Å². The van der Waals surface area contributed by atoms with Gasteiger partial charge in [0.15, 0.2) is 17.3 Å². The Labute approximate surface area is 313 Å². The van der Waals surface area contributed by atoms with Crippen molar-refractivity contribution in [1.82, 2.24) is 24.5 Å².